The summed E-state index contributed by atoms with van der Waals surface area (Å²) in [6.45, 7) is 2.92. The zero-order valence-corrected chi connectivity index (χ0v) is 15.6. The number of likely N-dealkylation sites (tertiary alicyclic amines) is 2. The predicted molar refractivity (Wildman–Crippen MR) is 97.5 cm³/mol. The van der Waals surface area contributed by atoms with Crippen LogP contribution in [0.15, 0.2) is 18.2 Å². The molecule has 4 rings (SSSR count). The van der Waals surface area contributed by atoms with Crippen molar-refractivity contribution in [3.8, 4) is 0 Å². The quantitative estimate of drug-likeness (QED) is 0.804. The summed E-state index contributed by atoms with van der Waals surface area (Å²) in [4.78, 5) is 29.0. The molecule has 140 valence electrons. The Kier molecular flexibility index (Phi) is 4.68. The van der Waals surface area contributed by atoms with Crippen LogP contribution in [0.4, 0.5) is 4.39 Å². The Bertz CT molecular complexity index is 716. The summed E-state index contributed by atoms with van der Waals surface area (Å²) in [6.07, 6.45) is 5.81. The van der Waals surface area contributed by atoms with Gasteiger partial charge in [-0.25, -0.2) is 4.39 Å². The second-order valence-corrected chi connectivity index (χ2v) is 8.64. The van der Waals surface area contributed by atoms with Gasteiger partial charge >= 0.3 is 0 Å². The van der Waals surface area contributed by atoms with Crippen LogP contribution in [0, 0.1) is 17.2 Å². The number of nitrogens with zero attached hydrogens (tertiary/aromatic N) is 2. The molecule has 1 spiro atoms. The van der Waals surface area contributed by atoms with Gasteiger partial charge in [0.25, 0.3) is 5.91 Å². The molecule has 3 aliphatic rings. The van der Waals surface area contributed by atoms with Crippen molar-refractivity contribution < 1.29 is 14.0 Å². The number of piperidine rings is 2. The molecule has 26 heavy (non-hydrogen) atoms. The van der Waals surface area contributed by atoms with Crippen LogP contribution in [-0.2, 0) is 4.79 Å². The van der Waals surface area contributed by atoms with E-state index in [9.17, 15) is 14.0 Å². The molecular formula is C20H24ClFN2O2. The lowest BCUT2D eigenvalue weighted by atomic mass is 9.73. The number of carbonyl (C=O) groups is 2. The van der Waals surface area contributed by atoms with E-state index in [1.165, 1.54) is 31.0 Å². The Morgan fingerprint density at radius 2 is 2.04 bits per heavy atom. The molecule has 0 radical (unpaired) electrons. The van der Waals surface area contributed by atoms with Gasteiger partial charge in [-0.15, -0.1) is 0 Å². The third-order valence-electron chi connectivity index (χ3n) is 5.98. The normalized spacial score (nSPS) is 26.5. The van der Waals surface area contributed by atoms with E-state index in [0.717, 1.165) is 32.4 Å². The standard InChI is InChI=1S/C20H24ClFN2O2/c21-16-8-15(9-17(22)10-16)19(26)23-7-1-5-20(12-23)6-4-18(25)24(13-20)11-14-2-3-14/h8-10,14H,1-7,11-13H2/t20-/m1/s1. The maximum Gasteiger partial charge on any atom is 0.254 e. The molecule has 0 aromatic heterocycles. The molecule has 2 aliphatic heterocycles. The number of hydrogen-bond donors (Lipinski definition) is 0. The molecule has 0 bridgehead atoms. The summed E-state index contributed by atoms with van der Waals surface area (Å²) < 4.78 is 13.6. The lowest BCUT2D eigenvalue weighted by molar-refractivity contribution is -0.139. The van der Waals surface area contributed by atoms with Crippen molar-refractivity contribution in [2.75, 3.05) is 26.2 Å². The number of halogens is 2. The molecule has 2 heterocycles. The summed E-state index contributed by atoms with van der Waals surface area (Å²) in [7, 11) is 0. The SMILES string of the molecule is O=C1CC[C@@]2(CCCN(C(=O)c3cc(F)cc(Cl)c3)C2)CN1CC1CC1. The highest BCUT2D eigenvalue weighted by Crippen LogP contribution is 2.41. The van der Waals surface area contributed by atoms with Crippen molar-refractivity contribution in [1.82, 2.24) is 9.80 Å². The van der Waals surface area contributed by atoms with Crippen LogP contribution < -0.4 is 0 Å². The third kappa shape index (κ3) is 3.73. The molecule has 2 amide bonds. The van der Waals surface area contributed by atoms with Gasteiger partial charge in [-0.1, -0.05) is 11.6 Å². The molecule has 1 aliphatic carbocycles. The van der Waals surface area contributed by atoms with Crippen LogP contribution in [0.2, 0.25) is 5.02 Å². The van der Waals surface area contributed by atoms with E-state index in [-0.39, 0.29) is 22.3 Å². The van der Waals surface area contributed by atoms with Gasteiger partial charge in [-0.05, 0) is 56.2 Å². The Balaban J connectivity index is 1.49. The first kappa shape index (κ1) is 17.8. The number of rotatable bonds is 3. The van der Waals surface area contributed by atoms with E-state index in [4.69, 9.17) is 11.6 Å². The summed E-state index contributed by atoms with van der Waals surface area (Å²) in [6, 6.07) is 3.98. The second-order valence-electron chi connectivity index (χ2n) is 8.21. The highest BCUT2D eigenvalue weighted by molar-refractivity contribution is 6.31. The zero-order valence-electron chi connectivity index (χ0n) is 14.8. The summed E-state index contributed by atoms with van der Waals surface area (Å²) in [5.74, 6) is 0.260. The van der Waals surface area contributed by atoms with Gasteiger partial charge in [0.15, 0.2) is 0 Å². The van der Waals surface area contributed by atoms with Crippen LogP contribution in [0.25, 0.3) is 0 Å². The van der Waals surface area contributed by atoms with Crippen LogP contribution in [0.3, 0.4) is 0 Å². The van der Waals surface area contributed by atoms with Crippen molar-refractivity contribution in [3.63, 3.8) is 0 Å². The van der Waals surface area contributed by atoms with Crippen molar-refractivity contribution in [3.05, 3.63) is 34.6 Å². The number of amides is 2. The maximum absolute atomic E-state index is 13.6. The highest BCUT2D eigenvalue weighted by atomic mass is 35.5. The monoisotopic (exact) mass is 378 g/mol. The second kappa shape index (κ2) is 6.84. The number of carbonyl (C=O) groups excluding carboxylic acids is 2. The molecule has 6 heteroatoms. The lowest BCUT2D eigenvalue weighted by Gasteiger charge is -2.48. The van der Waals surface area contributed by atoms with Gasteiger partial charge in [-0.2, -0.15) is 0 Å². The lowest BCUT2D eigenvalue weighted by Crippen LogP contribution is -2.55. The molecule has 3 fully saturated rings. The van der Waals surface area contributed by atoms with Gasteiger partial charge in [0.1, 0.15) is 5.82 Å². The maximum atomic E-state index is 13.6. The largest absolute Gasteiger partial charge is 0.342 e. The Morgan fingerprint density at radius 3 is 2.77 bits per heavy atom. The highest BCUT2D eigenvalue weighted by Gasteiger charge is 2.43. The van der Waals surface area contributed by atoms with Gasteiger partial charge in [0, 0.05) is 48.6 Å². The van der Waals surface area contributed by atoms with Gasteiger partial charge in [0.2, 0.25) is 5.91 Å². The van der Waals surface area contributed by atoms with E-state index in [2.05, 4.69) is 0 Å². The Hall–Kier alpha value is -1.62. The molecule has 2 saturated heterocycles. The van der Waals surface area contributed by atoms with E-state index >= 15 is 0 Å². The van der Waals surface area contributed by atoms with Crippen LogP contribution in [-0.4, -0.2) is 47.8 Å². The van der Waals surface area contributed by atoms with Crippen molar-refractivity contribution in [2.24, 2.45) is 11.3 Å². The molecule has 1 saturated carbocycles. The fourth-order valence-electron chi connectivity index (χ4n) is 4.46. The van der Waals surface area contributed by atoms with E-state index < -0.39 is 5.82 Å². The fourth-order valence-corrected chi connectivity index (χ4v) is 4.68. The van der Waals surface area contributed by atoms with Gasteiger partial charge in [0.05, 0.1) is 0 Å². The first-order valence-corrected chi connectivity index (χ1v) is 9.85. The van der Waals surface area contributed by atoms with Crippen molar-refractivity contribution >= 4 is 23.4 Å². The molecule has 1 aromatic carbocycles. The van der Waals surface area contributed by atoms with Crippen molar-refractivity contribution in [2.45, 2.75) is 38.5 Å². The Labute approximate surface area is 158 Å². The molecule has 0 unspecified atom stereocenters. The van der Waals surface area contributed by atoms with Crippen LogP contribution >= 0.6 is 11.6 Å². The minimum atomic E-state index is -0.494. The van der Waals surface area contributed by atoms with Gasteiger partial charge < -0.3 is 9.80 Å². The summed E-state index contributed by atoms with van der Waals surface area (Å²) in [5.41, 5.74) is 0.280. The van der Waals surface area contributed by atoms with E-state index in [0.29, 0.717) is 31.0 Å². The Morgan fingerprint density at radius 1 is 1.23 bits per heavy atom. The molecule has 0 N–H and O–H groups in total. The van der Waals surface area contributed by atoms with Gasteiger partial charge in [-0.3, -0.25) is 9.59 Å². The summed E-state index contributed by atoms with van der Waals surface area (Å²) >= 11 is 5.91. The molecule has 4 nitrogen and oxygen atoms in total. The molecular weight excluding hydrogens is 355 g/mol. The topological polar surface area (TPSA) is 40.6 Å². The summed E-state index contributed by atoms with van der Waals surface area (Å²) in [5, 5.41) is 0.235. The first-order valence-electron chi connectivity index (χ1n) is 9.47. The minimum Gasteiger partial charge on any atom is -0.342 e. The third-order valence-corrected chi connectivity index (χ3v) is 6.20. The minimum absolute atomic E-state index is 0.0200. The fraction of sp³-hybridized carbons (Fsp3) is 0.600. The van der Waals surface area contributed by atoms with E-state index in [1.54, 1.807) is 0 Å². The number of benzene rings is 1. The van der Waals surface area contributed by atoms with Crippen LogP contribution in [0.5, 0.6) is 0 Å². The zero-order chi connectivity index (χ0) is 18.3. The average Bonchev–Trinajstić information content (AvgIpc) is 3.41. The van der Waals surface area contributed by atoms with Crippen molar-refractivity contribution in [1.29, 1.82) is 0 Å². The first-order chi connectivity index (χ1) is 12.4. The van der Waals surface area contributed by atoms with E-state index in [1.807, 2.05) is 9.80 Å². The molecule has 1 atom stereocenters. The number of hydrogen-bond acceptors (Lipinski definition) is 2. The molecule has 1 aromatic rings. The average molecular weight is 379 g/mol. The van der Waals surface area contributed by atoms with Crippen LogP contribution in [0.1, 0.15) is 48.9 Å². The predicted octanol–water partition coefficient (Wildman–Crippen LogP) is 3.73. The smallest absolute Gasteiger partial charge is 0.254 e.